The van der Waals surface area contributed by atoms with Crippen molar-refractivity contribution in [1.82, 2.24) is 10.2 Å². The molecule has 1 aliphatic heterocycles. The zero-order valence-corrected chi connectivity index (χ0v) is 12.4. The number of carbonyl (C=O) groups excluding carboxylic acids is 1. The highest BCUT2D eigenvalue weighted by atomic mass is 32.2. The molecule has 1 N–H and O–H groups in total. The van der Waals surface area contributed by atoms with Crippen molar-refractivity contribution in [1.29, 1.82) is 0 Å². The van der Waals surface area contributed by atoms with Crippen molar-refractivity contribution in [2.45, 2.75) is 20.8 Å². The van der Waals surface area contributed by atoms with Crippen molar-refractivity contribution in [2.75, 3.05) is 38.7 Å². The van der Waals surface area contributed by atoms with Crippen molar-refractivity contribution in [3.05, 3.63) is 11.3 Å². The van der Waals surface area contributed by atoms with Gasteiger partial charge in [0.1, 0.15) is 0 Å². The molecule has 0 spiro atoms. The number of hydrogen-bond donors (Lipinski definition) is 1. The summed E-state index contributed by atoms with van der Waals surface area (Å²) in [6.07, 6.45) is 0. The van der Waals surface area contributed by atoms with Gasteiger partial charge in [0.15, 0.2) is 5.78 Å². The quantitative estimate of drug-likeness (QED) is 0.830. The van der Waals surface area contributed by atoms with Gasteiger partial charge in [-0.15, -0.1) is 11.8 Å². The molecular weight excluding hydrogens is 232 g/mol. The molecule has 17 heavy (non-hydrogen) atoms. The lowest BCUT2D eigenvalue weighted by atomic mass is 9.82. The predicted molar refractivity (Wildman–Crippen MR) is 75.4 cm³/mol. The summed E-state index contributed by atoms with van der Waals surface area (Å²) in [5.74, 6) is 1.86. The predicted octanol–water partition coefficient (Wildman–Crippen LogP) is 1.75. The topological polar surface area (TPSA) is 32.3 Å². The molecule has 3 nitrogen and oxygen atoms in total. The molecule has 98 valence electrons. The van der Waals surface area contributed by atoms with Gasteiger partial charge < -0.3 is 10.2 Å². The van der Waals surface area contributed by atoms with E-state index >= 15 is 0 Å². The van der Waals surface area contributed by atoms with Gasteiger partial charge in [-0.1, -0.05) is 20.8 Å². The van der Waals surface area contributed by atoms with E-state index in [2.05, 4.69) is 45.1 Å². The van der Waals surface area contributed by atoms with E-state index in [9.17, 15) is 4.79 Å². The van der Waals surface area contributed by atoms with Crippen LogP contribution in [0.4, 0.5) is 0 Å². The molecule has 0 aliphatic carbocycles. The molecular formula is C13H24N2OS. The Morgan fingerprint density at radius 1 is 1.29 bits per heavy atom. The third kappa shape index (κ3) is 4.36. The molecule has 0 radical (unpaired) electrons. The van der Waals surface area contributed by atoms with E-state index in [-0.39, 0.29) is 5.41 Å². The van der Waals surface area contributed by atoms with Crippen molar-refractivity contribution < 1.29 is 4.79 Å². The number of Topliss-reactive ketones (excluding diaryl/α,β-unsaturated/α-hetero) is 1. The van der Waals surface area contributed by atoms with Gasteiger partial charge in [-0.2, -0.15) is 0 Å². The van der Waals surface area contributed by atoms with Gasteiger partial charge in [-0.25, -0.2) is 0 Å². The number of thioether (sulfide) groups is 1. The summed E-state index contributed by atoms with van der Waals surface area (Å²) in [6.45, 7) is 8.23. The maximum atomic E-state index is 12.0. The summed E-state index contributed by atoms with van der Waals surface area (Å²) in [6, 6.07) is 0. The minimum absolute atomic E-state index is 0.0570. The first-order valence-electron chi connectivity index (χ1n) is 6.05. The molecule has 4 heteroatoms. The van der Waals surface area contributed by atoms with E-state index in [0.29, 0.717) is 11.5 Å². The number of allylic oxidation sites excluding steroid dienone is 1. The fraction of sp³-hybridized carbons (Fsp3) is 0.769. The van der Waals surface area contributed by atoms with Crippen molar-refractivity contribution in [3.8, 4) is 0 Å². The molecule has 0 amide bonds. The van der Waals surface area contributed by atoms with Crippen LogP contribution in [0.3, 0.4) is 0 Å². The zero-order valence-electron chi connectivity index (χ0n) is 11.6. The first-order valence-corrected chi connectivity index (χ1v) is 7.21. The lowest BCUT2D eigenvalue weighted by Crippen LogP contribution is -2.34. The van der Waals surface area contributed by atoms with Crippen LogP contribution in [0.5, 0.6) is 0 Å². The third-order valence-corrected chi connectivity index (χ3v) is 3.67. The van der Waals surface area contributed by atoms with E-state index < -0.39 is 0 Å². The first-order chi connectivity index (χ1) is 7.82. The summed E-state index contributed by atoms with van der Waals surface area (Å²) >= 11 is 1.71. The van der Waals surface area contributed by atoms with E-state index in [0.717, 1.165) is 30.1 Å². The van der Waals surface area contributed by atoms with Gasteiger partial charge in [0, 0.05) is 30.1 Å². The van der Waals surface area contributed by atoms with Crippen molar-refractivity contribution >= 4 is 17.5 Å². The highest BCUT2D eigenvalue weighted by Crippen LogP contribution is 2.33. The fourth-order valence-electron chi connectivity index (χ4n) is 2.00. The van der Waals surface area contributed by atoms with Crippen LogP contribution in [-0.4, -0.2) is 49.4 Å². The fourth-order valence-corrected chi connectivity index (χ4v) is 2.88. The van der Waals surface area contributed by atoms with Gasteiger partial charge in [0.25, 0.3) is 0 Å². The maximum absolute atomic E-state index is 12.0. The second-order valence-electron chi connectivity index (χ2n) is 5.75. The van der Waals surface area contributed by atoms with Gasteiger partial charge >= 0.3 is 0 Å². The van der Waals surface area contributed by atoms with Crippen LogP contribution >= 0.6 is 11.8 Å². The SMILES string of the molecule is CN(C)CCNC1=C(C(C)(C)C)C(=O)CSC1. The molecule has 1 rings (SSSR count). The largest absolute Gasteiger partial charge is 0.386 e. The molecule has 0 saturated carbocycles. The molecule has 0 saturated heterocycles. The van der Waals surface area contributed by atoms with Crippen LogP contribution in [0.1, 0.15) is 20.8 Å². The molecule has 0 aromatic rings. The number of rotatable bonds is 4. The molecule has 1 heterocycles. The number of hydrogen-bond acceptors (Lipinski definition) is 4. The number of nitrogens with zero attached hydrogens (tertiary/aromatic N) is 1. The van der Waals surface area contributed by atoms with Crippen LogP contribution in [-0.2, 0) is 4.79 Å². The molecule has 0 fully saturated rings. The third-order valence-electron chi connectivity index (χ3n) is 2.71. The van der Waals surface area contributed by atoms with Gasteiger partial charge in [0.2, 0.25) is 0 Å². The summed E-state index contributed by atoms with van der Waals surface area (Å²) < 4.78 is 0. The van der Waals surface area contributed by atoms with Crippen LogP contribution in [0.2, 0.25) is 0 Å². The minimum atomic E-state index is -0.0570. The average molecular weight is 256 g/mol. The lowest BCUT2D eigenvalue weighted by Gasteiger charge is -2.29. The summed E-state index contributed by atoms with van der Waals surface area (Å²) in [4.78, 5) is 14.2. The number of likely N-dealkylation sites (N-methyl/N-ethyl adjacent to an activating group) is 1. The Balaban J connectivity index is 2.78. The summed E-state index contributed by atoms with van der Waals surface area (Å²) in [5, 5.41) is 3.44. The van der Waals surface area contributed by atoms with Crippen LogP contribution in [0.15, 0.2) is 11.3 Å². The zero-order chi connectivity index (χ0) is 13.1. The lowest BCUT2D eigenvalue weighted by molar-refractivity contribution is -0.114. The van der Waals surface area contributed by atoms with Gasteiger partial charge in [0.05, 0.1) is 5.75 Å². The normalized spacial score (nSPS) is 17.9. The summed E-state index contributed by atoms with van der Waals surface area (Å²) in [7, 11) is 4.11. The number of nitrogens with one attached hydrogen (secondary N) is 1. The first kappa shape index (κ1) is 14.6. The number of carbonyl (C=O) groups is 1. The van der Waals surface area contributed by atoms with E-state index in [1.165, 1.54) is 0 Å². The Morgan fingerprint density at radius 3 is 2.47 bits per heavy atom. The van der Waals surface area contributed by atoms with Crippen LogP contribution in [0.25, 0.3) is 0 Å². The molecule has 0 unspecified atom stereocenters. The van der Waals surface area contributed by atoms with Crippen LogP contribution in [0, 0.1) is 5.41 Å². The Labute approximate surface area is 109 Å². The van der Waals surface area contributed by atoms with E-state index in [1.807, 2.05) is 0 Å². The monoisotopic (exact) mass is 256 g/mol. The average Bonchev–Trinajstić information content (AvgIpc) is 2.14. The van der Waals surface area contributed by atoms with Gasteiger partial charge in [-0.3, -0.25) is 4.79 Å². The number of ketones is 1. The Hall–Kier alpha value is -0.480. The standard InChI is InChI=1S/C13H24N2OS/c1-13(2,3)12-10(8-17-9-11(12)16)14-6-7-15(4)5/h14H,6-9H2,1-5H3. The van der Waals surface area contributed by atoms with Gasteiger partial charge in [-0.05, 0) is 19.5 Å². The maximum Gasteiger partial charge on any atom is 0.171 e. The highest BCUT2D eigenvalue weighted by Gasteiger charge is 2.30. The highest BCUT2D eigenvalue weighted by molar-refractivity contribution is 8.00. The Kier molecular flexibility index (Phi) is 5.07. The minimum Gasteiger partial charge on any atom is -0.386 e. The smallest absolute Gasteiger partial charge is 0.171 e. The Morgan fingerprint density at radius 2 is 1.94 bits per heavy atom. The summed E-state index contributed by atoms with van der Waals surface area (Å²) in [5.41, 5.74) is 2.08. The molecule has 1 aliphatic rings. The van der Waals surface area contributed by atoms with E-state index in [4.69, 9.17) is 0 Å². The molecule has 0 atom stereocenters. The van der Waals surface area contributed by atoms with Crippen LogP contribution < -0.4 is 5.32 Å². The second kappa shape index (κ2) is 5.91. The molecule has 0 aromatic carbocycles. The van der Waals surface area contributed by atoms with E-state index in [1.54, 1.807) is 11.8 Å². The Bertz CT molecular complexity index is 316. The molecule has 0 aromatic heterocycles. The van der Waals surface area contributed by atoms with Crippen molar-refractivity contribution in [3.63, 3.8) is 0 Å². The second-order valence-corrected chi connectivity index (χ2v) is 6.74. The van der Waals surface area contributed by atoms with Crippen molar-refractivity contribution in [2.24, 2.45) is 5.41 Å². The molecule has 0 bridgehead atoms.